The van der Waals surface area contributed by atoms with E-state index in [4.69, 9.17) is 0 Å². The predicted octanol–water partition coefficient (Wildman–Crippen LogP) is 7.50. The Hall–Kier alpha value is -4.17. The Kier molecular flexibility index (Phi) is 3.27. The van der Waals surface area contributed by atoms with E-state index in [1.165, 1.54) is 83.8 Å². The third-order valence-corrected chi connectivity index (χ3v) is 8.68. The number of anilines is 3. The fourth-order valence-electron chi connectivity index (χ4n) is 7.19. The Bertz CT molecular complexity index is 1760. The molecular weight excluding hydrogens is 424 g/mol. The smallest absolute Gasteiger partial charge is 0.0680 e. The molecule has 5 aromatic rings. The highest BCUT2D eigenvalue weighted by Crippen LogP contribution is 2.56. The van der Waals surface area contributed by atoms with Crippen molar-refractivity contribution in [3.8, 4) is 22.3 Å². The summed E-state index contributed by atoms with van der Waals surface area (Å²) in [6.45, 7) is 0. The normalized spacial score (nSPS) is 14.9. The molecule has 0 atom stereocenters. The highest BCUT2D eigenvalue weighted by molar-refractivity contribution is 5.95. The molecule has 164 valence electrons. The van der Waals surface area contributed by atoms with Crippen molar-refractivity contribution in [2.45, 2.75) is 25.7 Å². The van der Waals surface area contributed by atoms with Crippen LogP contribution < -0.4 is 4.90 Å². The molecule has 0 amide bonds. The van der Waals surface area contributed by atoms with Crippen LogP contribution in [0.3, 0.4) is 0 Å². The topological polar surface area (TPSA) is 16.1 Å². The van der Waals surface area contributed by atoms with Crippen molar-refractivity contribution in [3.63, 3.8) is 0 Å². The van der Waals surface area contributed by atoms with Crippen molar-refractivity contribution in [1.82, 2.24) is 4.98 Å². The molecule has 1 aromatic heterocycles. The molecule has 4 aromatic carbocycles. The Morgan fingerprint density at radius 1 is 0.514 bits per heavy atom. The summed E-state index contributed by atoms with van der Waals surface area (Å²) in [5.41, 5.74) is 21.5. The summed E-state index contributed by atoms with van der Waals surface area (Å²) in [7, 11) is 0. The summed E-state index contributed by atoms with van der Waals surface area (Å²) in [5.74, 6) is 0. The minimum Gasteiger partial charge on any atom is -0.308 e. The highest BCUT2D eigenvalue weighted by Gasteiger charge is 2.38. The maximum atomic E-state index is 4.56. The molecule has 35 heavy (non-hydrogen) atoms. The van der Waals surface area contributed by atoms with Gasteiger partial charge in [-0.2, -0.15) is 0 Å². The number of aromatic nitrogens is 1. The van der Waals surface area contributed by atoms with Crippen LogP contribution >= 0.6 is 0 Å². The third-order valence-electron chi connectivity index (χ3n) is 8.68. The second-order valence-corrected chi connectivity index (χ2v) is 10.3. The van der Waals surface area contributed by atoms with Crippen LogP contribution in [-0.2, 0) is 25.7 Å². The Balaban J connectivity index is 1.35. The first-order valence-corrected chi connectivity index (χ1v) is 12.6. The average molecular weight is 447 g/mol. The van der Waals surface area contributed by atoms with Crippen molar-refractivity contribution < 1.29 is 0 Å². The highest BCUT2D eigenvalue weighted by atomic mass is 15.2. The minimum atomic E-state index is 0.970. The van der Waals surface area contributed by atoms with Crippen molar-refractivity contribution in [3.05, 3.63) is 130 Å². The Morgan fingerprint density at radius 3 is 2.09 bits per heavy atom. The van der Waals surface area contributed by atoms with Gasteiger partial charge in [0.05, 0.1) is 23.3 Å². The summed E-state index contributed by atoms with van der Waals surface area (Å²) in [5, 5.41) is 0. The molecule has 2 aliphatic heterocycles. The molecule has 0 radical (unpaired) electrons. The first-order chi connectivity index (χ1) is 17.3. The molecule has 0 saturated heterocycles. The molecule has 2 heteroatoms. The summed E-state index contributed by atoms with van der Waals surface area (Å²) in [6.07, 6.45) is 8.06. The van der Waals surface area contributed by atoms with Crippen LogP contribution in [0.15, 0.2) is 85.2 Å². The molecule has 0 unspecified atom stereocenters. The van der Waals surface area contributed by atoms with Crippen LogP contribution in [-0.4, -0.2) is 4.98 Å². The molecule has 9 rings (SSSR count). The molecule has 0 spiro atoms. The van der Waals surface area contributed by atoms with E-state index in [1.807, 2.05) is 6.20 Å². The lowest BCUT2D eigenvalue weighted by molar-refractivity contribution is 0.974. The van der Waals surface area contributed by atoms with Gasteiger partial charge in [-0.15, -0.1) is 0 Å². The van der Waals surface area contributed by atoms with Gasteiger partial charge in [0.2, 0.25) is 0 Å². The lowest BCUT2D eigenvalue weighted by Crippen LogP contribution is -2.26. The monoisotopic (exact) mass is 446 g/mol. The lowest BCUT2D eigenvalue weighted by atomic mass is 9.81. The quantitative estimate of drug-likeness (QED) is 0.240. The SMILES string of the molecule is c1ccc2c(c1)Cc1c-2ccc2c1Cc1c3c(cc4c1N2c1cnccc1C4)-c1ccccc1C3. The summed E-state index contributed by atoms with van der Waals surface area (Å²) in [6, 6.07) is 27.3. The molecule has 2 aliphatic carbocycles. The van der Waals surface area contributed by atoms with E-state index in [1.54, 1.807) is 0 Å². The summed E-state index contributed by atoms with van der Waals surface area (Å²) >= 11 is 0. The van der Waals surface area contributed by atoms with Gasteiger partial charge >= 0.3 is 0 Å². The molecule has 0 bridgehead atoms. The molecule has 2 nitrogen and oxygen atoms in total. The standard InChI is InChI=1S/C33H22N2/c1-3-7-23-19(5-1)14-27-25(23)9-10-31-29(27)17-30-28-15-20-6-2-4-8-24(20)26(28)16-22-13-21-11-12-34-18-32(21)35(31)33(22)30/h1-12,16,18H,13-15,17H2. The number of benzene rings is 4. The van der Waals surface area contributed by atoms with E-state index in [0.29, 0.717) is 0 Å². The van der Waals surface area contributed by atoms with Crippen molar-refractivity contribution in [2.24, 2.45) is 0 Å². The fourth-order valence-corrected chi connectivity index (χ4v) is 7.19. The van der Waals surface area contributed by atoms with Crippen LogP contribution in [0.4, 0.5) is 17.1 Å². The number of pyridine rings is 1. The maximum absolute atomic E-state index is 4.56. The second-order valence-electron chi connectivity index (χ2n) is 10.3. The van der Waals surface area contributed by atoms with Gasteiger partial charge in [0.15, 0.2) is 0 Å². The van der Waals surface area contributed by atoms with Crippen LogP contribution in [0.25, 0.3) is 22.3 Å². The van der Waals surface area contributed by atoms with E-state index in [-0.39, 0.29) is 0 Å². The predicted molar refractivity (Wildman–Crippen MR) is 141 cm³/mol. The largest absolute Gasteiger partial charge is 0.308 e. The van der Waals surface area contributed by atoms with Gasteiger partial charge in [-0.05, 0) is 97.8 Å². The van der Waals surface area contributed by atoms with Crippen molar-refractivity contribution >= 4 is 17.1 Å². The maximum Gasteiger partial charge on any atom is 0.0680 e. The van der Waals surface area contributed by atoms with E-state index < -0.39 is 0 Å². The zero-order valence-electron chi connectivity index (χ0n) is 19.3. The van der Waals surface area contributed by atoms with Gasteiger partial charge in [0.25, 0.3) is 0 Å². The van der Waals surface area contributed by atoms with Crippen LogP contribution in [0.1, 0.15) is 44.5 Å². The molecule has 0 N–H and O–H groups in total. The van der Waals surface area contributed by atoms with E-state index in [0.717, 1.165) is 25.7 Å². The van der Waals surface area contributed by atoms with Gasteiger partial charge in [-0.1, -0.05) is 54.6 Å². The van der Waals surface area contributed by atoms with Gasteiger partial charge < -0.3 is 4.90 Å². The number of fused-ring (bicyclic) bond motifs is 12. The van der Waals surface area contributed by atoms with Gasteiger partial charge in [0.1, 0.15) is 0 Å². The number of hydrogen-bond donors (Lipinski definition) is 0. The Morgan fingerprint density at radius 2 is 1.26 bits per heavy atom. The van der Waals surface area contributed by atoms with Gasteiger partial charge in [-0.3, -0.25) is 4.98 Å². The first kappa shape index (κ1) is 18.2. The second kappa shape index (κ2) is 6.28. The summed E-state index contributed by atoms with van der Waals surface area (Å²) in [4.78, 5) is 7.11. The Labute approximate surface area is 204 Å². The zero-order chi connectivity index (χ0) is 22.7. The molecule has 4 aliphatic rings. The number of nitrogens with zero attached hydrogens (tertiary/aromatic N) is 2. The molecule has 0 saturated carbocycles. The third kappa shape index (κ3) is 2.23. The van der Waals surface area contributed by atoms with Crippen molar-refractivity contribution in [1.29, 1.82) is 0 Å². The van der Waals surface area contributed by atoms with E-state index in [2.05, 4.69) is 88.9 Å². The molecule has 0 fully saturated rings. The fraction of sp³-hybridized carbons (Fsp3) is 0.121. The number of rotatable bonds is 0. The lowest BCUT2D eigenvalue weighted by Gasteiger charge is -2.40. The van der Waals surface area contributed by atoms with Gasteiger partial charge in [-0.25, -0.2) is 0 Å². The average Bonchev–Trinajstić information content (AvgIpc) is 3.47. The zero-order valence-corrected chi connectivity index (χ0v) is 19.3. The number of hydrogen-bond acceptors (Lipinski definition) is 2. The molecular formula is C33H22N2. The van der Waals surface area contributed by atoms with E-state index in [9.17, 15) is 0 Å². The van der Waals surface area contributed by atoms with Crippen LogP contribution in [0.2, 0.25) is 0 Å². The minimum absolute atomic E-state index is 0.970. The van der Waals surface area contributed by atoms with Gasteiger partial charge in [0, 0.05) is 19.0 Å². The first-order valence-electron chi connectivity index (χ1n) is 12.6. The summed E-state index contributed by atoms with van der Waals surface area (Å²) < 4.78 is 0. The van der Waals surface area contributed by atoms with E-state index >= 15 is 0 Å². The van der Waals surface area contributed by atoms with Crippen LogP contribution in [0.5, 0.6) is 0 Å². The van der Waals surface area contributed by atoms with Crippen molar-refractivity contribution in [2.75, 3.05) is 4.90 Å². The molecule has 3 heterocycles. The van der Waals surface area contributed by atoms with Crippen LogP contribution in [0, 0.1) is 0 Å².